The number of rotatable bonds is 4. The molecule has 1 aromatic carbocycles. The van der Waals surface area contributed by atoms with Crippen LogP contribution in [-0.4, -0.2) is 19.5 Å². The molecule has 0 aliphatic heterocycles. The van der Waals surface area contributed by atoms with E-state index >= 15 is 0 Å². The van der Waals surface area contributed by atoms with Crippen molar-refractivity contribution < 1.29 is 0 Å². The third-order valence-electron chi connectivity index (χ3n) is 3.98. The van der Waals surface area contributed by atoms with Crippen LogP contribution in [0.4, 0.5) is 0 Å². The molecule has 3 heterocycles. The Bertz CT molecular complexity index is 1070. The first-order valence-electron chi connectivity index (χ1n) is 7.81. The average Bonchev–Trinajstić information content (AvgIpc) is 3.00. The quantitative estimate of drug-likeness (QED) is 0.457. The van der Waals surface area contributed by atoms with Crippen LogP contribution in [-0.2, 0) is 12.3 Å². The van der Waals surface area contributed by atoms with E-state index in [2.05, 4.69) is 9.97 Å². The minimum absolute atomic E-state index is 0.0209. The number of benzene rings is 1. The first kappa shape index (κ1) is 15.0. The monoisotopic (exact) mass is 336 g/mol. The summed E-state index contributed by atoms with van der Waals surface area (Å²) in [5.74, 6) is 0.730. The molecule has 0 atom stereocenters. The Hall–Kier alpha value is -2.60. The van der Waals surface area contributed by atoms with Gasteiger partial charge in [-0.25, -0.2) is 4.98 Å². The van der Waals surface area contributed by atoms with Crippen molar-refractivity contribution in [3.05, 3.63) is 64.7 Å². The molecule has 0 fully saturated rings. The number of para-hydroxylation sites is 1. The zero-order chi connectivity index (χ0) is 16.5. The smallest absolute Gasteiger partial charge is 0.278 e. The fourth-order valence-electron chi connectivity index (χ4n) is 2.80. The fraction of sp³-hybridized carbons (Fsp3) is 0.167. The van der Waals surface area contributed by atoms with Gasteiger partial charge in [0.05, 0.1) is 0 Å². The van der Waals surface area contributed by atoms with Crippen LogP contribution in [0.1, 0.15) is 12.5 Å². The summed E-state index contributed by atoms with van der Waals surface area (Å²) < 4.78 is 1.72. The van der Waals surface area contributed by atoms with Crippen LogP contribution in [0.15, 0.2) is 58.7 Å². The molecule has 6 heteroatoms. The second-order valence-corrected chi connectivity index (χ2v) is 6.43. The Labute approximate surface area is 142 Å². The van der Waals surface area contributed by atoms with Crippen molar-refractivity contribution in [1.82, 2.24) is 19.5 Å². The lowest BCUT2D eigenvalue weighted by Crippen LogP contribution is -2.22. The Balaban J connectivity index is 1.84. The van der Waals surface area contributed by atoms with E-state index in [4.69, 9.17) is 4.98 Å². The van der Waals surface area contributed by atoms with Crippen molar-refractivity contribution in [3.63, 3.8) is 0 Å². The minimum Gasteiger partial charge on any atom is -0.349 e. The van der Waals surface area contributed by atoms with E-state index in [9.17, 15) is 4.79 Å². The first-order chi connectivity index (χ1) is 11.8. The highest BCUT2D eigenvalue weighted by Crippen LogP contribution is 2.26. The molecule has 0 unspecified atom stereocenters. The zero-order valence-corrected chi connectivity index (χ0v) is 14.0. The largest absolute Gasteiger partial charge is 0.349 e. The van der Waals surface area contributed by atoms with Gasteiger partial charge >= 0.3 is 0 Å². The maximum absolute atomic E-state index is 12.8. The topological polar surface area (TPSA) is 63.6 Å². The third-order valence-corrected chi connectivity index (χ3v) is 5.03. The highest BCUT2D eigenvalue weighted by molar-refractivity contribution is 7.98. The van der Waals surface area contributed by atoms with Gasteiger partial charge in [0.15, 0.2) is 5.16 Å². The molecule has 0 radical (unpaired) electrons. The van der Waals surface area contributed by atoms with Crippen LogP contribution in [0, 0.1) is 0 Å². The summed E-state index contributed by atoms with van der Waals surface area (Å²) in [5, 5.41) is 1.72. The Morgan fingerprint density at radius 1 is 1.21 bits per heavy atom. The van der Waals surface area contributed by atoms with Gasteiger partial charge in [-0.15, -0.1) is 0 Å². The van der Waals surface area contributed by atoms with Crippen molar-refractivity contribution >= 4 is 33.7 Å². The Morgan fingerprint density at radius 3 is 2.88 bits per heavy atom. The second kappa shape index (κ2) is 6.13. The molecular weight excluding hydrogens is 320 g/mol. The molecule has 0 saturated carbocycles. The van der Waals surface area contributed by atoms with Crippen LogP contribution >= 0.6 is 11.8 Å². The molecule has 1 N–H and O–H groups in total. The number of aromatic nitrogens is 4. The summed E-state index contributed by atoms with van der Waals surface area (Å²) in [6.45, 7) is 2.55. The molecule has 120 valence electrons. The van der Waals surface area contributed by atoms with Crippen molar-refractivity contribution in [1.29, 1.82) is 0 Å². The van der Waals surface area contributed by atoms with E-state index in [0.717, 1.165) is 32.9 Å². The zero-order valence-electron chi connectivity index (χ0n) is 13.2. The standard InChI is InChI=1S/C18H16N4OS/c1-2-22-17(23)16-15(13-7-3-4-8-14(13)20-16)21-18(22)24-11-12-6-5-9-19-10-12/h3-10,20H,2,11H2,1H3. The highest BCUT2D eigenvalue weighted by Gasteiger charge is 2.14. The number of H-pyrrole nitrogens is 1. The van der Waals surface area contributed by atoms with Crippen LogP contribution in [0.3, 0.4) is 0 Å². The SMILES string of the molecule is CCn1c(SCc2cccnc2)nc2c([nH]c3ccccc32)c1=O. The lowest BCUT2D eigenvalue weighted by atomic mass is 10.2. The Morgan fingerprint density at radius 2 is 2.08 bits per heavy atom. The van der Waals surface area contributed by atoms with Crippen LogP contribution in [0.5, 0.6) is 0 Å². The molecule has 4 rings (SSSR count). The van der Waals surface area contributed by atoms with Gasteiger partial charge in [-0.1, -0.05) is 36.0 Å². The van der Waals surface area contributed by atoms with E-state index in [1.807, 2.05) is 49.5 Å². The van der Waals surface area contributed by atoms with Crippen molar-refractivity contribution in [2.24, 2.45) is 0 Å². The van der Waals surface area contributed by atoms with Crippen molar-refractivity contribution in [2.45, 2.75) is 24.4 Å². The molecule has 0 bridgehead atoms. The lowest BCUT2D eigenvalue weighted by molar-refractivity contribution is 0.634. The number of hydrogen-bond acceptors (Lipinski definition) is 4. The summed E-state index contributed by atoms with van der Waals surface area (Å²) in [6, 6.07) is 11.8. The number of fused-ring (bicyclic) bond motifs is 3. The number of hydrogen-bond donors (Lipinski definition) is 1. The average molecular weight is 336 g/mol. The molecule has 0 aliphatic rings. The summed E-state index contributed by atoms with van der Waals surface area (Å²) in [7, 11) is 0. The van der Waals surface area contributed by atoms with Crippen molar-refractivity contribution in [2.75, 3.05) is 0 Å². The lowest BCUT2D eigenvalue weighted by Gasteiger charge is -2.09. The molecule has 24 heavy (non-hydrogen) atoms. The third kappa shape index (κ3) is 2.49. The predicted octanol–water partition coefficient (Wildman–Crippen LogP) is 3.59. The van der Waals surface area contributed by atoms with Gasteiger partial charge in [0.25, 0.3) is 5.56 Å². The van der Waals surface area contributed by atoms with Gasteiger partial charge in [-0.2, -0.15) is 0 Å². The number of nitrogens with one attached hydrogen (secondary N) is 1. The minimum atomic E-state index is -0.0209. The number of nitrogens with zero attached hydrogens (tertiary/aromatic N) is 3. The first-order valence-corrected chi connectivity index (χ1v) is 8.79. The fourth-order valence-corrected chi connectivity index (χ4v) is 3.79. The van der Waals surface area contributed by atoms with E-state index in [-0.39, 0.29) is 5.56 Å². The van der Waals surface area contributed by atoms with Crippen LogP contribution in [0.25, 0.3) is 21.9 Å². The molecule has 0 spiro atoms. The number of thioether (sulfide) groups is 1. The predicted molar refractivity (Wildman–Crippen MR) is 97.3 cm³/mol. The Kier molecular flexibility index (Phi) is 3.82. The number of pyridine rings is 1. The van der Waals surface area contributed by atoms with Gasteiger partial charge in [0.2, 0.25) is 0 Å². The maximum atomic E-state index is 12.8. The van der Waals surface area contributed by atoms with E-state index in [1.165, 1.54) is 0 Å². The van der Waals surface area contributed by atoms with Crippen molar-refractivity contribution in [3.8, 4) is 0 Å². The molecular formula is C18H16N4OS. The second-order valence-electron chi connectivity index (χ2n) is 5.49. The summed E-state index contributed by atoms with van der Waals surface area (Å²) in [5.41, 5.74) is 3.35. The highest BCUT2D eigenvalue weighted by atomic mass is 32.2. The maximum Gasteiger partial charge on any atom is 0.278 e. The van der Waals surface area contributed by atoms with Gasteiger partial charge in [0, 0.05) is 35.6 Å². The van der Waals surface area contributed by atoms with E-state index in [0.29, 0.717) is 12.1 Å². The molecule has 3 aromatic heterocycles. The van der Waals surface area contributed by atoms with E-state index < -0.39 is 0 Å². The van der Waals surface area contributed by atoms with Gasteiger partial charge < -0.3 is 4.98 Å². The van der Waals surface area contributed by atoms with Crippen LogP contribution < -0.4 is 5.56 Å². The molecule has 0 amide bonds. The van der Waals surface area contributed by atoms with E-state index in [1.54, 1.807) is 22.5 Å². The molecule has 5 nitrogen and oxygen atoms in total. The summed E-state index contributed by atoms with van der Waals surface area (Å²) >= 11 is 1.56. The normalized spacial score (nSPS) is 11.4. The molecule has 0 aliphatic carbocycles. The van der Waals surface area contributed by atoms with Crippen LogP contribution in [0.2, 0.25) is 0 Å². The van der Waals surface area contributed by atoms with Gasteiger partial charge in [-0.3, -0.25) is 14.3 Å². The molecule has 4 aromatic rings. The summed E-state index contributed by atoms with van der Waals surface area (Å²) in [6.07, 6.45) is 3.60. The number of aromatic amines is 1. The molecule has 0 saturated heterocycles. The van der Waals surface area contributed by atoms with Gasteiger partial charge in [-0.05, 0) is 24.6 Å². The van der Waals surface area contributed by atoms with Gasteiger partial charge in [0.1, 0.15) is 11.0 Å². The summed E-state index contributed by atoms with van der Waals surface area (Å²) in [4.78, 5) is 25.0.